The van der Waals surface area contributed by atoms with Crippen molar-refractivity contribution in [3.63, 3.8) is 0 Å². The molecule has 5 aromatic rings. The number of anilines is 1. The molecule has 0 saturated carbocycles. The summed E-state index contributed by atoms with van der Waals surface area (Å²) in [6, 6.07) is 24.4. The van der Waals surface area contributed by atoms with E-state index in [9.17, 15) is 9.59 Å². The predicted molar refractivity (Wildman–Crippen MR) is 163 cm³/mol. The minimum atomic E-state index is -0.533. The third-order valence-electron chi connectivity index (χ3n) is 6.45. The maximum Gasteiger partial charge on any atom is 0.341 e. The number of carbonyl (C=O) groups excluding carboxylic acids is 2. The number of hydrogen-bond acceptors (Lipinski definition) is 7. The molecule has 0 fully saturated rings. The lowest BCUT2D eigenvalue weighted by Crippen LogP contribution is -2.15. The average molecular weight is 567 g/mol. The number of carbonyl (C=O) groups is 2. The summed E-state index contributed by atoms with van der Waals surface area (Å²) in [7, 11) is 1.33. The number of fused-ring (bicyclic) bond motifs is 1. The fourth-order valence-corrected chi connectivity index (χ4v) is 5.46. The van der Waals surface area contributed by atoms with Gasteiger partial charge in [0.15, 0.2) is 0 Å². The summed E-state index contributed by atoms with van der Waals surface area (Å²) in [6.07, 6.45) is 0.902. The number of pyridine rings is 1. The van der Waals surface area contributed by atoms with E-state index >= 15 is 0 Å². The molecular weight excluding hydrogens is 536 g/mol. The van der Waals surface area contributed by atoms with Crippen LogP contribution in [0.1, 0.15) is 41.0 Å². The number of amides is 1. The molecule has 0 bridgehead atoms. The van der Waals surface area contributed by atoms with Crippen LogP contribution in [0, 0.1) is 0 Å². The minimum Gasteiger partial charge on any atom is -0.494 e. The Morgan fingerprint density at radius 1 is 0.878 bits per heavy atom. The van der Waals surface area contributed by atoms with Gasteiger partial charge in [-0.05, 0) is 55.3 Å². The van der Waals surface area contributed by atoms with Crippen molar-refractivity contribution in [2.75, 3.05) is 25.6 Å². The number of ether oxygens (including phenoxy) is 3. The number of methoxy groups -OCH3 is 1. The number of rotatable bonds is 10. The molecule has 2 aromatic heterocycles. The van der Waals surface area contributed by atoms with Crippen molar-refractivity contribution in [3.8, 4) is 33.9 Å². The fraction of sp³-hybridized carbons (Fsp3) is 0.182. The van der Waals surface area contributed by atoms with Gasteiger partial charge in [0, 0.05) is 21.9 Å². The Labute approximate surface area is 242 Å². The molecule has 0 unspecified atom stereocenters. The third-order valence-corrected chi connectivity index (χ3v) is 7.34. The molecule has 0 radical (unpaired) electrons. The summed E-state index contributed by atoms with van der Waals surface area (Å²) >= 11 is 1.27. The van der Waals surface area contributed by atoms with Crippen molar-refractivity contribution in [1.82, 2.24) is 4.98 Å². The smallest absolute Gasteiger partial charge is 0.341 e. The molecule has 0 spiro atoms. The van der Waals surface area contributed by atoms with Gasteiger partial charge in [-0.25, -0.2) is 9.78 Å². The summed E-state index contributed by atoms with van der Waals surface area (Å²) in [5, 5.41) is 5.93. The van der Waals surface area contributed by atoms with Crippen molar-refractivity contribution < 1.29 is 23.8 Å². The number of aromatic nitrogens is 1. The summed E-state index contributed by atoms with van der Waals surface area (Å²) < 4.78 is 16.5. The summed E-state index contributed by atoms with van der Waals surface area (Å²) in [5.74, 6) is 0.596. The molecule has 7 nitrogen and oxygen atoms in total. The molecule has 0 atom stereocenters. The zero-order chi connectivity index (χ0) is 28.8. The Bertz CT molecular complexity index is 1690. The highest BCUT2D eigenvalue weighted by Gasteiger charge is 2.24. The molecule has 0 saturated heterocycles. The van der Waals surface area contributed by atoms with E-state index in [2.05, 4.69) is 12.2 Å². The highest BCUT2D eigenvalue weighted by Crippen LogP contribution is 2.37. The lowest BCUT2D eigenvalue weighted by Gasteiger charge is -2.12. The second kappa shape index (κ2) is 12.7. The van der Waals surface area contributed by atoms with Crippen LogP contribution in [-0.4, -0.2) is 37.2 Å². The standard InChI is InChI=1S/C33H30N2O5S/c1-4-17-40-24-10-8-9-22(18-24)29-19-26(25-11-6-7-12-28(25)34-29)31(36)35-32-30(33(37)38-3)27(20-41-32)21-13-15-23(16-14-21)39-5-2/h6-16,18-20H,4-5,17H2,1-3H3,(H,35,36). The van der Waals surface area contributed by atoms with Crippen LogP contribution in [0.2, 0.25) is 0 Å². The first-order chi connectivity index (χ1) is 20.0. The highest BCUT2D eigenvalue weighted by molar-refractivity contribution is 7.15. The second-order valence-electron chi connectivity index (χ2n) is 9.21. The fourth-order valence-electron chi connectivity index (χ4n) is 4.51. The van der Waals surface area contributed by atoms with Crippen molar-refractivity contribution >= 4 is 39.1 Å². The van der Waals surface area contributed by atoms with Gasteiger partial charge in [0.05, 0.1) is 37.1 Å². The van der Waals surface area contributed by atoms with Crippen molar-refractivity contribution in [3.05, 3.63) is 95.4 Å². The molecule has 1 N–H and O–H groups in total. The number of para-hydroxylation sites is 1. The first kappa shape index (κ1) is 27.9. The third kappa shape index (κ3) is 6.07. The van der Waals surface area contributed by atoms with E-state index in [1.165, 1.54) is 18.4 Å². The minimum absolute atomic E-state index is 0.300. The Balaban J connectivity index is 1.52. The molecular formula is C33H30N2O5S. The van der Waals surface area contributed by atoms with E-state index in [4.69, 9.17) is 19.2 Å². The largest absolute Gasteiger partial charge is 0.494 e. The van der Waals surface area contributed by atoms with Gasteiger partial charge in [-0.1, -0.05) is 49.4 Å². The number of thiophene rings is 1. The van der Waals surface area contributed by atoms with E-state index < -0.39 is 5.97 Å². The molecule has 208 valence electrons. The van der Waals surface area contributed by atoms with Crippen LogP contribution in [0.3, 0.4) is 0 Å². The first-order valence-electron chi connectivity index (χ1n) is 13.4. The van der Waals surface area contributed by atoms with Gasteiger partial charge in [-0.15, -0.1) is 11.3 Å². The average Bonchev–Trinajstić information content (AvgIpc) is 3.43. The van der Waals surface area contributed by atoms with Gasteiger partial charge >= 0.3 is 5.97 Å². The van der Waals surface area contributed by atoms with Crippen LogP contribution in [-0.2, 0) is 4.74 Å². The molecule has 3 aromatic carbocycles. The summed E-state index contributed by atoms with van der Waals surface area (Å²) in [5.41, 5.74) is 4.39. The molecule has 0 aliphatic carbocycles. The normalized spacial score (nSPS) is 10.8. The maximum absolute atomic E-state index is 13.8. The van der Waals surface area contributed by atoms with Gasteiger partial charge in [-0.2, -0.15) is 0 Å². The highest BCUT2D eigenvalue weighted by atomic mass is 32.1. The van der Waals surface area contributed by atoms with Gasteiger partial charge in [0.1, 0.15) is 22.1 Å². The topological polar surface area (TPSA) is 86.8 Å². The Morgan fingerprint density at radius 3 is 2.44 bits per heavy atom. The van der Waals surface area contributed by atoms with Gasteiger partial charge in [0.25, 0.3) is 5.91 Å². The molecule has 0 aliphatic rings. The number of esters is 1. The molecule has 5 rings (SSSR count). The van der Waals surface area contributed by atoms with Crippen molar-refractivity contribution in [1.29, 1.82) is 0 Å². The van der Waals surface area contributed by atoms with E-state index in [1.54, 1.807) is 6.07 Å². The summed E-state index contributed by atoms with van der Waals surface area (Å²) in [4.78, 5) is 31.6. The lowest BCUT2D eigenvalue weighted by molar-refractivity contribution is 0.0603. The first-order valence-corrected chi connectivity index (χ1v) is 14.3. The number of nitrogens with one attached hydrogen (secondary N) is 1. The number of hydrogen-bond donors (Lipinski definition) is 1. The molecule has 1 amide bonds. The van der Waals surface area contributed by atoms with Gasteiger partial charge in [-0.3, -0.25) is 4.79 Å². The van der Waals surface area contributed by atoms with Crippen LogP contribution < -0.4 is 14.8 Å². The Kier molecular flexibility index (Phi) is 8.60. The molecule has 41 heavy (non-hydrogen) atoms. The SMILES string of the molecule is CCCOc1cccc(-c2cc(C(=O)Nc3scc(-c4ccc(OCC)cc4)c3C(=O)OC)c3ccccc3n2)c1. The zero-order valence-electron chi connectivity index (χ0n) is 23.1. The van der Waals surface area contributed by atoms with Gasteiger partial charge < -0.3 is 19.5 Å². The van der Waals surface area contributed by atoms with Crippen LogP contribution in [0.15, 0.2) is 84.2 Å². The van der Waals surface area contributed by atoms with E-state index in [0.717, 1.165) is 29.0 Å². The Hall–Kier alpha value is -4.69. The number of benzene rings is 3. The maximum atomic E-state index is 13.8. The van der Waals surface area contributed by atoms with Crippen molar-refractivity contribution in [2.45, 2.75) is 20.3 Å². The van der Waals surface area contributed by atoms with Crippen LogP contribution >= 0.6 is 11.3 Å². The number of nitrogens with zero attached hydrogens (tertiary/aromatic N) is 1. The van der Waals surface area contributed by atoms with Crippen LogP contribution in [0.25, 0.3) is 33.3 Å². The molecule has 8 heteroatoms. The van der Waals surface area contributed by atoms with Crippen LogP contribution in [0.4, 0.5) is 5.00 Å². The predicted octanol–water partition coefficient (Wildman–Crippen LogP) is 7.86. The van der Waals surface area contributed by atoms with Crippen molar-refractivity contribution in [2.24, 2.45) is 0 Å². The van der Waals surface area contributed by atoms with E-state index in [1.807, 2.05) is 85.1 Å². The lowest BCUT2D eigenvalue weighted by atomic mass is 10.0. The van der Waals surface area contributed by atoms with Crippen LogP contribution in [0.5, 0.6) is 11.5 Å². The quantitative estimate of drug-likeness (QED) is 0.173. The van der Waals surface area contributed by atoms with E-state index in [0.29, 0.717) is 51.5 Å². The Morgan fingerprint density at radius 2 is 1.68 bits per heavy atom. The summed E-state index contributed by atoms with van der Waals surface area (Å²) in [6.45, 7) is 5.15. The zero-order valence-corrected chi connectivity index (χ0v) is 23.9. The second-order valence-corrected chi connectivity index (χ2v) is 10.1. The molecule has 2 heterocycles. The van der Waals surface area contributed by atoms with Gasteiger partial charge in [0.2, 0.25) is 0 Å². The molecule has 0 aliphatic heterocycles. The van der Waals surface area contributed by atoms with E-state index in [-0.39, 0.29) is 5.91 Å². The monoisotopic (exact) mass is 566 g/mol.